The van der Waals surface area contributed by atoms with Crippen LogP contribution in [0, 0.1) is 0 Å². The Morgan fingerprint density at radius 3 is 2.92 bits per heavy atom. The Kier molecular flexibility index (Phi) is 2.48. The van der Waals surface area contributed by atoms with E-state index in [1.807, 2.05) is 0 Å². The zero-order valence-corrected chi connectivity index (χ0v) is 6.58. The highest BCUT2D eigenvalue weighted by Gasteiger charge is 2.06. The molecule has 13 heavy (non-hydrogen) atoms. The number of carboxylic acids is 1. The first-order valence-corrected chi connectivity index (χ1v) is 3.35. The lowest BCUT2D eigenvalue weighted by Crippen LogP contribution is -2.19. The number of oxime groups is 1. The summed E-state index contributed by atoms with van der Waals surface area (Å²) in [4.78, 5) is 10.4. The van der Waals surface area contributed by atoms with Gasteiger partial charge >= 0.3 is 5.97 Å². The van der Waals surface area contributed by atoms with Crippen molar-refractivity contribution >= 4 is 11.8 Å². The molecule has 0 atom stereocenters. The van der Waals surface area contributed by atoms with Gasteiger partial charge in [-0.3, -0.25) is 4.68 Å². The molecule has 1 aromatic rings. The number of nitrogens with two attached hydrogens (primary N) is 1. The van der Waals surface area contributed by atoms with Crippen LogP contribution in [0.4, 0.5) is 0 Å². The number of carbonyl (C=O) groups is 1. The highest BCUT2D eigenvalue weighted by molar-refractivity contribution is 5.87. The van der Waals surface area contributed by atoms with Crippen molar-refractivity contribution in [1.29, 1.82) is 0 Å². The van der Waals surface area contributed by atoms with Crippen LogP contribution in [0.3, 0.4) is 0 Å². The van der Waals surface area contributed by atoms with Gasteiger partial charge in [-0.05, 0) is 0 Å². The van der Waals surface area contributed by atoms with Crippen molar-refractivity contribution in [3.63, 3.8) is 0 Å². The molecule has 0 amide bonds. The maximum atomic E-state index is 10.4. The van der Waals surface area contributed by atoms with Crippen LogP contribution < -0.4 is 5.73 Å². The minimum Gasteiger partial charge on any atom is -0.478 e. The molecule has 0 aliphatic carbocycles. The summed E-state index contributed by atoms with van der Waals surface area (Å²) in [6.07, 6.45) is 2.48. The SMILES string of the molecule is N/C(Cn1cc(C(=O)O)cn1)=N\O. The minimum absolute atomic E-state index is 0.0416. The van der Waals surface area contributed by atoms with E-state index in [4.69, 9.17) is 16.0 Å². The molecular weight excluding hydrogens is 176 g/mol. The van der Waals surface area contributed by atoms with Crippen molar-refractivity contribution in [2.45, 2.75) is 6.54 Å². The van der Waals surface area contributed by atoms with Crippen molar-refractivity contribution in [1.82, 2.24) is 9.78 Å². The summed E-state index contributed by atoms with van der Waals surface area (Å²) in [5, 5.41) is 23.2. The standard InChI is InChI=1S/C6H8N4O3/c7-5(9-13)3-10-2-4(1-8-10)6(11)12/h1-2,13H,3H2,(H2,7,9)(H,11,12). The minimum atomic E-state index is -1.06. The molecule has 0 bridgehead atoms. The first kappa shape index (κ1) is 9.04. The summed E-state index contributed by atoms with van der Waals surface area (Å²) in [5.41, 5.74) is 5.24. The molecule has 0 unspecified atom stereocenters. The molecule has 0 aliphatic rings. The van der Waals surface area contributed by atoms with E-state index in [-0.39, 0.29) is 17.9 Å². The highest BCUT2D eigenvalue weighted by atomic mass is 16.4. The van der Waals surface area contributed by atoms with Crippen molar-refractivity contribution in [2.24, 2.45) is 10.9 Å². The van der Waals surface area contributed by atoms with Crippen LogP contribution in [0.15, 0.2) is 17.5 Å². The van der Waals surface area contributed by atoms with Crippen LogP contribution in [0.2, 0.25) is 0 Å². The first-order valence-electron chi connectivity index (χ1n) is 3.35. The smallest absolute Gasteiger partial charge is 0.338 e. The summed E-state index contributed by atoms with van der Waals surface area (Å²) >= 11 is 0. The van der Waals surface area contributed by atoms with Gasteiger partial charge in [0.05, 0.1) is 11.8 Å². The topological polar surface area (TPSA) is 114 Å². The van der Waals surface area contributed by atoms with E-state index in [1.54, 1.807) is 0 Å². The van der Waals surface area contributed by atoms with E-state index in [9.17, 15) is 4.79 Å². The van der Waals surface area contributed by atoms with E-state index >= 15 is 0 Å². The average molecular weight is 184 g/mol. The zero-order chi connectivity index (χ0) is 9.84. The van der Waals surface area contributed by atoms with E-state index in [0.29, 0.717) is 0 Å². The van der Waals surface area contributed by atoms with Gasteiger partial charge in [0.25, 0.3) is 0 Å². The molecule has 0 aliphatic heterocycles. The lowest BCUT2D eigenvalue weighted by molar-refractivity contribution is 0.0697. The van der Waals surface area contributed by atoms with Gasteiger partial charge in [0.1, 0.15) is 6.54 Å². The first-order chi connectivity index (χ1) is 6.13. The van der Waals surface area contributed by atoms with Crippen molar-refractivity contribution in [3.8, 4) is 0 Å². The number of rotatable bonds is 3. The molecule has 0 radical (unpaired) electrons. The fraction of sp³-hybridized carbons (Fsp3) is 0.167. The number of aromatic carboxylic acids is 1. The molecule has 1 rings (SSSR count). The molecule has 0 aromatic carbocycles. The zero-order valence-electron chi connectivity index (χ0n) is 6.58. The van der Waals surface area contributed by atoms with Crippen LogP contribution in [0.1, 0.15) is 10.4 Å². The molecule has 0 saturated heterocycles. The van der Waals surface area contributed by atoms with E-state index < -0.39 is 5.97 Å². The van der Waals surface area contributed by atoms with E-state index in [0.717, 1.165) is 0 Å². The number of hydrogen-bond donors (Lipinski definition) is 3. The third-order valence-corrected chi connectivity index (χ3v) is 1.33. The summed E-state index contributed by atoms with van der Waals surface area (Å²) in [6.45, 7) is 0.0593. The second-order valence-corrected chi connectivity index (χ2v) is 2.32. The Morgan fingerprint density at radius 1 is 1.77 bits per heavy atom. The highest BCUT2D eigenvalue weighted by Crippen LogP contribution is 1.96. The second kappa shape index (κ2) is 3.57. The fourth-order valence-electron chi connectivity index (χ4n) is 0.758. The quantitative estimate of drug-likeness (QED) is 0.249. The van der Waals surface area contributed by atoms with E-state index in [2.05, 4.69) is 10.3 Å². The molecule has 4 N–H and O–H groups in total. The van der Waals surface area contributed by atoms with Crippen LogP contribution in [-0.2, 0) is 6.54 Å². The number of carboxylic acid groups (broad SMARTS) is 1. The normalized spacial score (nSPS) is 11.5. The van der Waals surface area contributed by atoms with Gasteiger partial charge in [-0.15, -0.1) is 0 Å². The van der Waals surface area contributed by atoms with Crippen LogP contribution >= 0.6 is 0 Å². The monoisotopic (exact) mass is 184 g/mol. The predicted octanol–water partition coefficient (Wildman–Crippen LogP) is -0.672. The fourth-order valence-corrected chi connectivity index (χ4v) is 0.758. The number of hydrogen-bond acceptors (Lipinski definition) is 4. The number of nitrogens with zero attached hydrogens (tertiary/aromatic N) is 3. The van der Waals surface area contributed by atoms with E-state index in [1.165, 1.54) is 17.1 Å². The molecule has 7 nitrogen and oxygen atoms in total. The molecule has 0 fully saturated rings. The maximum Gasteiger partial charge on any atom is 0.338 e. The van der Waals surface area contributed by atoms with Gasteiger partial charge in [0.2, 0.25) is 0 Å². The van der Waals surface area contributed by atoms with Crippen molar-refractivity contribution in [3.05, 3.63) is 18.0 Å². The van der Waals surface area contributed by atoms with Crippen LogP contribution in [0.25, 0.3) is 0 Å². The molecule has 70 valence electrons. The van der Waals surface area contributed by atoms with Gasteiger partial charge in [-0.25, -0.2) is 4.79 Å². The Morgan fingerprint density at radius 2 is 2.46 bits per heavy atom. The molecule has 7 heteroatoms. The van der Waals surface area contributed by atoms with Gasteiger partial charge < -0.3 is 16.0 Å². The van der Waals surface area contributed by atoms with Gasteiger partial charge in [-0.2, -0.15) is 5.10 Å². The Balaban J connectivity index is 2.75. The molecule has 1 aromatic heterocycles. The van der Waals surface area contributed by atoms with Gasteiger partial charge in [0.15, 0.2) is 5.84 Å². The maximum absolute atomic E-state index is 10.4. The summed E-state index contributed by atoms with van der Waals surface area (Å²) < 4.78 is 1.26. The van der Waals surface area contributed by atoms with Crippen LogP contribution in [0.5, 0.6) is 0 Å². The van der Waals surface area contributed by atoms with Crippen LogP contribution in [-0.4, -0.2) is 31.9 Å². The lowest BCUT2D eigenvalue weighted by Gasteiger charge is -1.96. The molecule has 0 spiro atoms. The molecule has 0 saturated carbocycles. The summed E-state index contributed by atoms with van der Waals surface area (Å²) in [6, 6.07) is 0. The Labute approximate surface area is 73.1 Å². The van der Waals surface area contributed by atoms with Crippen molar-refractivity contribution in [2.75, 3.05) is 0 Å². The third-order valence-electron chi connectivity index (χ3n) is 1.33. The van der Waals surface area contributed by atoms with Gasteiger partial charge in [-0.1, -0.05) is 5.16 Å². The lowest BCUT2D eigenvalue weighted by atomic mass is 10.4. The summed E-state index contributed by atoms with van der Waals surface area (Å²) in [5.74, 6) is -1.11. The Bertz CT molecular complexity index is 343. The number of aromatic nitrogens is 2. The molecule has 1 heterocycles. The number of amidine groups is 1. The predicted molar refractivity (Wildman–Crippen MR) is 42.6 cm³/mol. The third kappa shape index (κ3) is 2.19. The summed E-state index contributed by atoms with van der Waals surface area (Å²) in [7, 11) is 0. The second-order valence-electron chi connectivity index (χ2n) is 2.32. The molecular formula is C6H8N4O3. The largest absolute Gasteiger partial charge is 0.478 e. The van der Waals surface area contributed by atoms with Crippen molar-refractivity contribution < 1.29 is 15.1 Å². The average Bonchev–Trinajstić information content (AvgIpc) is 2.52. The Hall–Kier alpha value is -2.05. The van der Waals surface area contributed by atoms with Gasteiger partial charge in [0, 0.05) is 6.20 Å².